The summed E-state index contributed by atoms with van der Waals surface area (Å²) in [5.74, 6) is -3.28. The molecule has 4 amide bonds. The number of aliphatic carboxylic acids is 1. The van der Waals surface area contributed by atoms with Crippen molar-refractivity contribution in [2.75, 3.05) is 45.9 Å². The van der Waals surface area contributed by atoms with Gasteiger partial charge in [-0.15, -0.1) is 0 Å². The van der Waals surface area contributed by atoms with Crippen molar-refractivity contribution in [3.8, 4) is 0 Å². The molecule has 1 aromatic carbocycles. The van der Waals surface area contributed by atoms with Gasteiger partial charge in [0.2, 0.25) is 11.8 Å². The van der Waals surface area contributed by atoms with E-state index in [0.717, 1.165) is 0 Å². The van der Waals surface area contributed by atoms with Crippen LogP contribution in [0.4, 0.5) is 4.79 Å². The maximum absolute atomic E-state index is 13.0. The molecule has 8 N–H and O–H groups in total. The minimum Gasteiger partial charge on any atom is -0.479 e. The molecule has 290 valence electrons. The van der Waals surface area contributed by atoms with Crippen LogP contribution in [0.25, 0.3) is 0 Å². The largest absolute Gasteiger partial charge is 0.479 e. The molecule has 52 heavy (non-hydrogen) atoms. The predicted molar refractivity (Wildman–Crippen MR) is 184 cm³/mol. The number of carboxylic acid groups (broad SMARTS) is 1. The molecule has 0 aromatic heterocycles. The van der Waals surface area contributed by atoms with Crippen LogP contribution >= 0.6 is 0 Å². The Balaban J connectivity index is 1.50. The molecule has 3 saturated heterocycles. The zero-order chi connectivity index (χ0) is 38.8. The van der Waals surface area contributed by atoms with E-state index in [4.69, 9.17) is 19.9 Å². The van der Waals surface area contributed by atoms with Gasteiger partial charge in [-0.05, 0) is 64.3 Å². The van der Waals surface area contributed by atoms with E-state index >= 15 is 0 Å². The van der Waals surface area contributed by atoms with Gasteiger partial charge in [0.05, 0.1) is 37.0 Å². The second kappa shape index (κ2) is 16.0. The summed E-state index contributed by atoms with van der Waals surface area (Å²) in [6.45, 7) is 11.2. The quantitative estimate of drug-likeness (QED) is 0.151. The molecule has 0 bridgehead atoms. The van der Waals surface area contributed by atoms with Gasteiger partial charge >= 0.3 is 12.1 Å². The molecule has 0 radical (unpaired) electrons. The first-order valence-electron chi connectivity index (χ1n) is 17.4. The minimum absolute atomic E-state index is 0.156. The van der Waals surface area contributed by atoms with E-state index in [1.54, 1.807) is 39.5 Å². The Bertz CT molecular complexity index is 1510. The molecule has 1 spiro atoms. The molecule has 4 rings (SSSR count). The van der Waals surface area contributed by atoms with Gasteiger partial charge in [-0.3, -0.25) is 19.3 Å². The van der Waals surface area contributed by atoms with Crippen molar-refractivity contribution >= 4 is 29.8 Å². The van der Waals surface area contributed by atoms with Crippen LogP contribution in [-0.2, 0) is 23.8 Å². The van der Waals surface area contributed by atoms with E-state index < -0.39 is 89.9 Å². The summed E-state index contributed by atoms with van der Waals surface area (Å²) in [5.41, 5.74) is 3.47. The molecular weight excluding hydrogens is 682 g/mol. The Labute approximate surface area is 302 Å². The number of carbonyl (C=O) groups excluding carboxylic acids is 4. The molecule has 3 fully saturated rings. The first-order valence-corrected chi connectivity index (χ1v) is 17.4. The highest BCUT2D eigenvalue weighted by molar-refractivity contribution is 5.99. The lowest BCUT2D eigenvalue weighted by atomic mass is 9.81. The lowest BCUT2D eigenvalue weighted by Crippen LogP contribution is -2.68. The summed E-state index contributed by atoms with van der Waals surface area (Å²) in [7, 11) is 0. The molecule has 7 atom stereocenters. The van der Waals surface area contributed by atoms with Crippen molar-refractivity contribution in [3.63, 3.8) is 0 Å². The minimum atomic E-state index is -2.05. The topological polar surface area (TPSA) is 251 Å². The number of benzene rings is 1. The van der Waals surface area contributed by atoms with Crippen LogP contribution in [0.5, 0.6) is 0 Å². The van der Waals surface area contributed by atoms with Crippen LogP contribution in [0.3, 0.4) is 0 Å². The number of aryl methyl sites for hydroxylation is 2. The van der Waals surface area contributed by atoms with Crippen molar-refractivity contribution in [1.29, 1.82) is 0 Å². The van der Waals surface area contributed by atoms with Crippen LogP contribution in [0.2, 0.25) is 0 Å². The fourth-order valence-electron chi connectivity index (χ4n) is 7.43. The van der Waals surface area contributed by atoms with E-state index in [-0.39, 0.29) is 24.1 Å². The van der Waals surface area contributed by atoms with Crippen molar-refractivity contribution < 1.29 is 58.6 Å². The van der Waals surface area contributed by atoms with E-state index in [1.807, 2.05) is 0 Å². The van der Waals surface area contributed by atoms with Crippen LogP contribution < -0.4 is 16.4 Å². The van der Waals surface area contributed by atoms with E-state index in [2.05, 4.69) is 15.5 Å². The summed E-state index contributed by atoms with van der Waals surface area (Å²) < 4.78 is 17.5. The van der Waals surface area contributed by atoms with E-state index in [9.17, 15) is 44.4 Å². The highest BCUT2D eigenvalue weighted by Gasteiger charge is 2.55. The maximum atomic E-state index is 13.0. The van der Waals surface area contributed by atoms with Crippen LogP contribution in [0.1, 0.15) is 78.8 Å². The summed E-state index contributed by atoms with van der Waals surface area (Å²) in [5, 5.41) is 49.2. The van der Waals surface area contributed by atoms with Gasteiger partial charge in [-0.2, -0.15) is 0 Å². The van der Waals surface area contributed by atoms with Crippen LogP contribution in [0.15, 0.2) is 12.1 Å². The lowest BCUT2D eigenvalue weighted by molar-refractivity contribution is -0.231. The smallest absolute Gasteiger partial charge is 0.410 e. The zero-order valence-electron chi connectivity index (χ0n) is 30.6. The molecule has 0 aliphatic carbocycles. The number of hydrogen-bond acceptors (Lipinski definition) is 12. The van der Waals surface area contributed by atoms with Gasteiger partial charge in [-0.25, -0.2) is 9.59 Å². The summed E-state index contributed by atoms with van der Waals surface area (Å²) >= 11 is 0. The number of nitrogens with zero attached hydrogens (tertiary/aromatic N) is 2. The number of carbonyl (C=O) groups is 5. The molecule has 17 nitrogen and oxygen atoms in total. The van der Waals surface area contributed by atoms with Crippen molar-refractivity contribution in [2.24, 2.45) is 5.73 Å². The third kappa shape index (κ3) is 9.19. The first-order chi connectivity index (χ1) is 24.2. The third-order valence-electron chi connectivity index (χ3n) is 9.99. The van der Waals surface area contributed by atoms with Crippen LogP contribution in [-0.4, -0.2) is 153 Å². The molecular formula is C35H53N5O12. The predicted octanol–water partition coefficient (Wildman–Crippen LogP) is -0.566. The second-order valence-corrected chi connectivity index (χ2v) is 15.2. The van der Waals surface area contributed by atoms with Gasteiger partial charge in [0.1, 0.15) is 17.8 Å². The average Bonchev–Trinajstić information content (AvgIpc) is 3.46. The number of nitrogens with two attached hydrogens (primary N) is 1. The van der Waals surface area contributed by atoms with Crippen LogP contribution in [0, 0.1) is 13.8 Å². The summed E-state index contributed by atoms with van der Waals surface area (Å²) in [6.07, 6.45) is -7.22. The van der Waals surface area contributed by atoms with Gasteiger partial charge in [0, 0.05) is 63.6 Å². The maximum Gasteiger partial charge on any atom is 0.410 e. The number of nitrogens with one attached hydrogen (secondary N) is 2. The Hall–Kier alpha value is -3.87. The number of rotatable bonds is 11. The van der Waals surface area contributed by atoms with Crippen molar-refractivity contribution in [1.82, 2.24) is 20.4 Å². The fraction of sp³-hybridized carbons (Fsp3) is 0.686. The van der Waals surface area contributed by atoms with E-state index in [1.165, 1.54) is 19.1 Å². The fourth-order valence-corrected chi connectivity index (χ4v) is 7.43. The third-order valence-corrected chi connectivity index (χ3v) is 9.99. The molecule has 17 heteroatoms. The number of likely N-dealkylation sites (tertiary alicyclic amines) is 1. The number of carboxylic acids is 1. The number of ether oxygens (including phenoxy) is 3. The molecule has 1 aromatic rings. The second-order valence-electron chi connectivity index (χ2n) is 15.2. The highest BCUT2D eigenvalue weighted by Crippen LogP contribution is 2.38. The Kier molecular flexibility index (Phi) is 12.6. The number of aliphatic hydroxyl groups is 3. The normalized spacial score (nSPS) is 27.9. The van der Waals surface area contributed by atoms with Gasteiger partial charge < -0.3 is 55.9 Å². The first kappa shape index (κ1) is 40.9. The number of morpholine rings is 1. The number of hydrogen-bond donors (Lipinski definition) is 7. The Morgan fingerprint density at radius 2 is 1.77 bits per heavy atom. The molecule has 3 aliphatic rings. The lowest BCUT2D eigenvalue weighted by Gasteiger charge is -2.49. The Morgan fingerprint density at radius 1 is 1.12 bits per heavy atom. The zero-order valence-corrected chi connectivity index (χ0v) is 30.6. The number of primary amides is 1. The monoisotopic (exact) mass is 735 g/mol. The number of aliphatic hydroxyl groups excluding tert-OH is 3. The Morgan fingerprint density at radius 3 is 2.35 bits per heavy atom. The number of amides is 4. The average molecular weight is 736 g/mol. The molecule has 3 aliphatic heterocycles. The molecule has 0 saturated carbocycles. The summed E-state index contributed by atoms with van der Waals surface area (Å²) in [4.78, 5) is 66.4. The van der Waals surface area contributed by atoms with Gasteiger partial charge in [0.25, 0.3) is 5.91 Å². The summed E-state index contributed by atoms with van der Waals surface area (Å²) in [6, 6.07) is 1.61. The van der Waals surface area contributed by atoms with Gasteiger partial charge in [-0.1, -0.05) is 0 Å². The van der Waals surface area contributed by atoms with Crippen molar-refractivity contribution in [3.05, 3.63) is 34.4 Å². The van der Waals surface area contributed by atoms with Gasteiger partial charge in [0.15, 0.2) is 5.60 Å². The molecule has 3 heterocycles. The SMILES string of the molecule is CC(=O)N[C@H]1[C@H]([C@H](O)[C@H](O)CNC(=O)c2cc(C)c(C(N)=O)c(C)c2)O[C@@](CCN2CCOC[C@@]23CCN(C(=O)OC(C)(C)C)C3)(C(=O)O)C[C@@H]1O. The highest BCUT2D eigenvalue weighted by atomic mass is 16.6. The standard InChI is InChI=1S/C35H53N5O12/c1-19-13-22(14-20(2)25(19)29(36)45)30(46)37-16-24(43)27(44)28-26(38-21(3)41)23(42)15-35(51-28,31(47)48)8-10-40-11-12-50-18-34(40)7-9-39(17-34)32(49)52-33(4,5)6/h13-14,23-24,26-28,42-44H,7-12,15-18H2,1-6H3,(H2,36,45)(H,37,46)(H,38,41)(H,47,48)/t23-,24+,26+,27+,28+,34-,35+/m0/s1. The van der Waals surface area contributed by atoms with E-state index in [0.29, 0.717) is 50.4 Å². The molecule has 0 unspecified atom stereocenters. The van der Waals surface area contributed by atoms with Crippen molar-refractivity contribution in [2.45, 2.75) is 108 Å².